The van der Waals surface area contributed by atoms with E-state index in [0.717, 1.165) is 25.8 Å². The molecule has 17 heavy (non-hydrogen) atoms. The summed E-state index contributed by atoms with van der Waals surface area (Å²) >= 11 is 0. The van der Waals surface area contributed by atoms with Gasteiger partial charge in [-0.15, -0.1) is 0 Å². The number of nitrogens with zero attached hydrogens (tertiary/aromatic N) is 1. The van der Waals surface area contributed by atoms with Crippen molar-refractivity contribution in [2.75, 3.05) is 19.6 Å². The Morgan fingerprint density at radius 1 is 1.41 bits per heavy atom. The van der Waals surface area contributed by atoms with Gasteiger partial charge in [-0.2, -0.15) is 0 Å². The molecule has 0 aromatic carbocycles. The van der Waals surface area contributed by atoms with Crippen molar-refractivity contribution in [3.05, 3.63) is 0 Å². The van der Waals surface area contributed by atoms with E-state index >= 15 is 0 Å². The number of likely N-dealkylation sites (N-methyl/N-ethyl adjacent to an activating group) is 1. The normalized spacial score (nSPS) is 31.6. The molecule has 1 saturated carbocycles. The zero-order chi connectivity index (χ0) is 12.4. The van der Waals surface area contributed by atoms with Gasteiger partial charge in [0.05, 0.1) is 6.54 Å². The van der Waals surface area contributed by atoms with Gasteiger partial charge in [-0.3, -0.25) is 4.79 Å². The van der Waals surface area contributed by atoms with Crippen molar-refractivity contribution in [3.63, 3.8) is 0 Å². The molecular weight excluding hydrogens is 220 g/mol. The number of carbonyl (C=O) groups is 2. The van der Waals surface area contributed by atoms with Gasteiger partial charge in [0.2, 0.25) is 5.91 Å². The fraction of sp³-hybridized carbons (Fsp3) is 0.833. The minimum atomic E-state index is -0.843. The summed E-state index contributed by atoms with van der Waals surface area (Å²) in [6.45, 7) is 3.54. The Hall–Kier alpha value is -1.10. The molecule has 0 aromatic heterocycles. The lowest BCUT2D eigenvalue weighted by Crippen LogP contribution is -2.46. The molecule has 1 amide bonds. The number of fused-ring (bicyclic) bond motifs is 1. The monoisotopic (exact) mass is 240 g/mol. The Labute approximate surface area is 101 Å². The molecule has 0 radical (unpaired) electrons. The van der Waals surface area contributed by atoms with Crippen LogP contribution >= 0.6 is 0 Å². The molecule has 1 saturated heterocycles. The molecule has 1 aliphatic carbocycles. The number of likely N-dealkylation sites (tertiary alicyclic amines) is 1. The van der Waals surface area contributed by atoms with Crippen molar-refractivity contribution in [1.82, 2.24) is 10.2 Å². The zero-order valence-corrected chi connectivity index (χ0v) is 10.2. The van der Waals surface area contributed by atoms with Crippen LogP contribution in [0.2, 0.25) is 0 Å². The predicted octanol–water partition coefficient (Wildman–Crippen LogP) is 0.308. The smallest absolute Gasteiger partial charge is 0.326 e. The first-order valence-corrected chi connectivity index (χ1v) is 6.38. The molecule has 1 aliphatic heterocycles. The maximum atomic E-state index is 12.0. The summed E-state index contributed by atoms with van der Waals surface area (Å²) in [6.07, 6.45) is 3.13. The summed E-state index contributed by atoms with van der Waals surface area (Å²) in [4.78, 5) is 24.8. The number of amides is 1. The van der Waals surface area contributed by atoms with Crippen LogP contribution in [-0.4, -0.2) is 47.6 Å². The number of rotatable bonds is 4. The summed E-state index contributed by atoms with van der Waals surface area (Å²) in [5, 5.41) is 12.3. The fourth-order valence-electron chi connectivity index (χ4n) is 3.21. The molecule has 2 aliphatic rings. The number of nitrogens with one attached hydrogen (secondary N) is 1. The molecule has 5 nitrogen and oxygen atoms in total. The van der Waals surface area contributed by atoms with E-state index in [1.165, 1.54) is 0 Å². The Bertz CT molecular complexity index is 319. The summed E-state index contributed by atoms with van der Waals surface area (Å²) < 4.78 is 0. The first-order chi connectivity index (χ1) is 8.15. The highest BCUT2D eigenvalue weighted by Crippen LogP contribution is 2.42. The summed E-state index contributed by atoms with van der Waals surface area (Å²) in [5.41, 5.74) is 0. The number of hydrogen-bond donors (Lipinski definition) is 2. The van der Waals surface area contributed by atoms with Crippen LogP contribution in [-0.2, 0) is 9.59 Å². The minimum Gasteiger partial charge on any atom is -0.480 e. The SMILES string of the molecule is CCNCC(=O)N1CC2CCCC2C1C(=O)O. The Morgan fingerprint density at radius 3 is 2.82 bits per heavy atom. The Kier molecular flexibility index (Phi) is 3.66. The second kappa shape index (κ2) is 5.04. The van der Waals surface area contributed by atoms with Crippen LogP contribution in [0.15, 0.2) is 0 Å². The van der Waals surface area contributed by atoms with E-state index in [1.807, 2.05) is 6.92 Å². The van der Waals surface area contributed by atoms with Gasteiger partial charge in [0.15, 0.2) is 0 Å². The van der Waals surface area contributed by atoms with Gasteiger partial charge < -0.3 is 15.3 Å². The first kappa shape index (κ1) is 12.4. The van der Waals surface area contributed by atoms with Crippen LogP contribution < -0.4 is 5.32 Å². The standard InChI is InChI=1S/C12H20N2O3/c1-2-13-6-10(15)14-7-8-4-3-5-9(8)11(14)12(16)17/h8-9,11,13H,2-7H2,1H3,(H,16,17). The van der Waals surface area contributed by atoms with E-state index in [0.29, 0.717) is 12.5 Å². The Morgan fingerprint density at radius 2 is 2.18 bits per heavy atom. The number of carboxylic acids is 1. The van der Waals surface area contributed by atoms with Crippen LogP contribution in [0.1, 0.15) is 26.2 Å². The number of carbonyl (C=O) groups excluding carboxylic acids is 1. The predicted molar refractivity (Wildman–Crippen MR) is 62.5 cm³/mol. The summed E-state index contributed by atoms with van der Waals surface area (Å²) in [5.74, 6) is -0.336. The Balaban J connectivity index is 2.06. The molecule has 5 heteroatoms. The van der Waals surface area contributed by atoms with Crippen LogP contribution in [0.5, 0.6) is 0 Å². The molecule has 0 spiro atoms. The summed E-state index contributed by atoms with van der Waals surface area (Å²) in [6, 6.07) is -0.589. The molecular formula is C12H20N2O3. The number of carboxylic acid groups (broad SMARTS) is 1. The van der Waals surface area contributed by atoms with Crippen molar-refractivity contribution >= 4 is 11.9 Å². The summed E-state index contributed by atoms with van der Waals surface area (Å²) in [7, 11) is 0. The van der Waals surface area contributed by atoms with Crippen molar-refractivity contribution in [1.29, 1.82) is 0 Å². The van der Waals surface area contributed by atoms with Crippen molar-refractivity contribution in [2.24, 2.45) is 11.8 Å². The van der Waals surface area contributed by atoms with Gasteiger partial charge in [-0.05, 0) is 31.2 Å². The zero-order valence-electron chi connectivity index (χ0n) is 10.2. The van der Waals surface area contributed by atoms with E-state index in [-0.39, 0.29) is 18.4 Å². The molecule has 3 unspecified atom stereocenters. The molecule has 2 rings (SSSR count). The third kappa shape index (κ3) is 2.29. The van der Waals surface area contributed by atoms with E-state index < -0.39 is 12.0 Å². The second-order valence-electron chi connectivity index (χ2n) is 4.96. The minimum absolute atomic E-state index is 0.0753. The molecule has 2 N–H and O–H groups in total. The lowest BCUT2D eigenvalue weighted by atomic mass is 9.94. The fourth-order valence-corrected chi connectivity index (χ4v) is 3.21. The van der Waals surface area contributed by atoms with Gasteiger partial charge in [-0.25, -0.2) is 4.79 Å². The van der Waals surface area contributed by atoms with E-state index in [1.54, 1.807) is 4.90 Å². The van der Waals surface area contributed by atoms with Crippen molar-refractivity contribution < 1.29 is 14.7 Å². The topological polar surface area (TPSA) is 69.6 Å². The van der Waals surface area contributed by atoms with Crippen LogP contribution in [0.3, 0.4) is 0 Å². The average molecular weight is 240 g/mol. The van der Waals surface area contributed by atoms with E-state index in [2.05, 4.69) is 5.32 Å². The van der Waals surface area contributed by atoms with E-state index in [9.17, 15) is 14.7 Å². The van der Waals surface area contributed by atoms with Crippen LogP contribution in [0, 0.1) is 11.8 Å². The lowest BCUT2D eigenvalue weighted by molar-refractivity contribution is -0.149. The third-order valence-electron chi connectivity index (χ3n) is 3.99. The maximum absolute atomic E-state index is 12.0. The first-order valence-electron chi connectivity index (χ1n) is 6.38. The highest BCUT2D eigenvalue weighted by atomic mass is 16.4. The molecule has 2 fully saturated rings. The molecule has 1 heterocycles. The quantitative estimate of drug-likeness (QED) is 0.742. The molecule has 0 aromatic rings. The van der Waals surface area contributed by atoms with Crippen molar-refractivity contribution in [2.45, 2.75) is 32.2 Å². The van der Waals surface area contributed by atoms with Gasteiger partial charge in [0.25, 0.3) is 0 Å². The number of aliphatic carboxylic acids is 1. The van der Waals surface area contributed by atoms with Crippen LogP contribution in [0.25, 0.3) is 0 Å². The highest BCUT2D eigenvalue weighted by Gasteiger charge is 2.49. The molecule has 0 bridgehead atoms. The van der Waals surface area contributed by atoms with Crippen molar-refractivity contribution in [3.8, 4) is 0 Å². The second-order valence-corrected chi connectivity index (χ2v) is 4.96. The van der Waals surface area contributed by atoms with Crippen LogP contribution in [0.4, 0.5) is 0 Å². The van der Waals surface area contributed by atoms with Gasteiger partial charge in [0, 0.05) is 6.54 Å². The number of hydrogen-bond acceptors (Lipinski definition) is 3. The largest absolute Gasteiger partial charge is 0.480 e. The van der Waals surface area contributed by atoms with Gasteiger partial charge >= 0.3 is 5.97 Å². The highest BCUT2D eigenvalue weighted by molar-refractivity contribution is 5.85. The van der Waals surface area contributed by atoms with Gasteiger partial charge in [0.1, 0.15) is 6.04 Å². The van der Waals surface area contributed by atoms with E-state index in [4.69, 9.17) is 0 Å². The third-order valence-corrected chi connectivity index (χ3v) is 3.99. The maximum Gasteiger partial charge on any atom is 0.326 e. The molecule has 3 atom stereocenters. The lowest BCUT2D eigenvalue weighted by Gasteiger charge is -2.24. The molecule has 96 valence electrons. The average Bonchev–Trinajstić information content (AvgIpc) is 2.83. The van der Waals surface area contributed by atoms with Gasteiger partial charge in [-0.1, -0.05) is 13.3 Å².